The number of halogens is 5. The summed E-state index contributed by atoms with van der Waals surface area (Å²) in [4.78, 5) is 22.8. The number of hydrogen-bond acceptors (Lipinski definition) is 5. The van der Waals surface area contributed by atoms with E-state index in [1.165, 1.54) is 18.2 Å². The van der Waals surface area contributed by atoms with Crippen LogP contribution in [-0.2, 0) is 11.0 Å². The Kier molecular flexibility index (Phi) is 7.87. The topological polar surface area (TPSA) is 105 Å². The number of nitrogens with one attached hydrogen (secondary N) is 1. The summed E-state index contributed by atoms with van der Waals surface area (Å²) >= 11 is 12.4. The lowest BCUT2D eigenvalue weighted by atomic mass is 10.1. The van der Waals surface area contributed by atoms with Gasteiger partial charge in [0.2, 0.25) is 5.75 Å². The Morgan fingerprint density at radius 1 is 1.14 bits per heavy atom. The zero-order valence-corrected chi connectivity index (χ0v) is 19.7. The third-order valence-corrected chi connectivity index (χ3v) is 5.35. The van der Waals surface area contributed by atoms with Gasteiger partial charge in [0.25, 0.3) is 5.91 Å². The summed E-state index contributed by atoms with van der Waals surface area (Å²) in [6.45, 7) is 1.78. The first-order valence-electron chi connectivity index (χ1n) is 9.92. The van der Waals surface area contributed by atoms with Crippen molar-refractivity contribution in [3.8, 4) is 17.6 Å². The van der Waals surface area contributed by atoms with Crippen molar-refractivity contribution in [1.29, 1.82) is 5.26 Å². The van der Waals surface area contributed by atoms with Crippen LogP contribution in [0.1, 0.15) is 16.7 Å². The van der Waals surface area contributed by atoms with Crippen LogP contribution in [0.4, 0.5) is 24.5 Å². The smallest absolute Gasteiger partial charge is 0.416 e. The average molecular weight is 536 g/mol. The fraction of sp³-hybridized carbons (Fsp3) is 0.0833. The monoisotopic (exact) mass is 535 g/mol. The van der Waals surface area contributed by atoms with E-state index in [4.69, 9.17) is 27.9 Å². The minimum Gasteiger partial charge on any atom is -0.447 e. The maximum Gasteiger partial charge on any atom is 0.416 e. The van der Waals surface area contributed by atoms with Crippen LogP contribution in [0, 0.1) is 28.4 Å². The van der Waals surface area contributed by atoms with Crippen molar-refractivity contribution in [3.63, 3.8) is 0 Å². The van der Waals surface area contributed by atoms with Gasteiger partial charge in [0.05, 0.1) is 20.5 Å². The van der Waals surface area contributed by atoms with Crippen LogP contribution in [0.15, 0.2) is 60.2 Å². The Hall–Kier alpha value is -4.07. The number of para-hydroxylation sites is 1. The summed E-state index contributed by atoms with van der Waals surface area (Å²) in [5, 5.41) is 23.0. The second kappa shape index (κ2) is 10.7. The molecule has 3 rings (SSSR count). The van der Waals surface area contributed by atoms with Crippen LogP contribution >= 0.6 is 23.2 Å². The molecular formula is C24H14Cl2F3N3O4. The van der Waals surface area contributed by atoms with E-state index in [-0.39, 0.29) is 26.9 Å². The van der Waals surface area contributed by atoms with E-state index in [1.807, 2.05) is 0 Å². The maximum atomic E-state index is 12.9. The van der Waals surface area contributed by atoms with Crippen molar-refractivity contribution in [2.24, 2.45) is 0 Å². The number of anilines is 1. The molecule has 3 aromatic carbocycles. The highest BCUT2D eigenvalue weighted by Crippen LogP contribution is 2.42. The molecule has 1 amide bonds. The van der Waals surface area contributed by atoms with Gasteiger partial charge in [-0.2, -0.15) is 18.4 Å². The van der Waals surface area contributed by atoms with Crippen molar-refractivity contribution in [3.05, 3.63) is 97.0 Å². The lowest BCUT2D eigenvalue weighted by molar-refractivity contribution is -0.385. The second-order valence-electron chi connectivity index (χ2n) is 7.29. The molecule has 0 bridgehead atoms. The molecule has 1 N–H and O–H groups in total. The van der Waals surface area contributed by atoms with Gasteiger partial charge in [-0.1, -0.05) is 41.4 Å². The minimum absolute atomic E-state index is 0.167. The number of nitriles is 1. The molecule has 0 heterocycles. The molecule has 184 valence electrons. The average Bonchev–Trinajstić information content (AvgIpc) is 2.80. The Balaban J connectivity index is 1.92. The van der Waals surface area contributed by atoms with E-state index in [0.717, 1.165) is 11.6 Å². The molecule has 0 atom stereocenters. The predicted octanol–water partition coefficient (Wildman–Crippen LogP) is 7.57. The van der Waals surface area contributed by atoms with E-state index >= 15 is 0 Å². The number of nitro groups is 1. The molecule has 12 heteroatoms. The Bertz CT molecular complexity index is 1410. The molecule has 0 saturated carbocycles. The van der Waals surface area contributed by atoms with Gasteiger partial charge in [0.1, 0.15) is 11.6 Å². The number of nitrogens with zero attached hydrogens (tertiary/aromatic N) is 2. The van der Waals surface area contributed by atoms with Gasteiger partial charge >= 0.3 is 11.9 Å². The van der Waals surface area contributed by atoms with Crippen LogP contribution in [0.5, 0.6) is 11.5 Å². The summed E-state index contributed by atoms with van der Waals surface area (Å²) in [7, 11) is 0. The number of benzene rings is 3. The second-order valence-corrected chi connectivity index (χ2v) is 8.11. The van der Waals surface area contributed by atoms with Crippen LogP contribution in [0.3, 0.4) is 0 Å². The third-order valence-electron chi connectivity index (χ3n) is 4.78. The molecule has 0 fully saturated rings. The lowest BCUT2D eigenvalue weighted by Gasteiger charge is -2.13. The van der Waals surface area contributed by atoms with Gasteiger partial charge in [-0.3, -0.25) is 14.9 Å². The first-order valence-corrected chi connectivity index (χ1v) is 10.7. The molecule has 0 aromatic heterocycles. The molecule has 7 nitrogen and oxygen atoms in total. The number of nitro benzene ring substituents is 1. The molecule has 3 aromatic rings. The molecule has 36 heavy (non-hydrogen) atoms. The number of carbonyl (C=O) groups is 1. The van der Waals surface area contributed by atoms with Crippen molar-refractivity contribution in [2.45, 2.75) is 13.1 Å². The summed E-state index contributed by atoms with van der Waals surface area (Å²) in [5.41, 5.74) is -0.907. The normalized spacial score (nSPS) is 11.5. The van der Waals surface area contributed by atoms with Crippen LogP contribution in [-0.4, -0.2) is 10.8 Å². The number of hydrogen-bond donors (Lipinski definition) is 1. The Labute approximate surface area is 212 Å². The molecule has 0 aliphatic heterocycles. The third kappa shape index (κ3) is 6.13. The van der Waals surface area contributed by atoms with Crippen LogP contribution in [0.25, 0.3) is 6.08 Å². The van der Waals surface area contributed by atoms with Gasteiger partial charge in [-0.15, -0.1) is 0 Å². The Morgan fingerprint density at radius 3 is 2.33 bits per heavy atom. The maximum absolute atomic E-state index is 12.9. The first kappa shape index (κ1) is 26.5. The highest BCUT2D eigenvalue weighted by molar-refractivity contribution is 6.37. The molecule has 0 aliphatic carbocycles. The number of carbonyl (C=O) groups excluding carboxylic acids is 1. The highest BCUT2D eigenvalue weighted by atomic mass is 35.5. The predicted molar refractivity (Wildman–Crippen MR) is 128 cm³/mol. The molecule has 0 unspecified atom stereocenters. The number of ether oxygens (including phenoxy) is 1. The summed E-state index contributed by atoms with van der Waals surface area (Å²) in [6.07, 6.45) is -3.58. The Morgan fingerprint density at radius 2 is 1.78 bits per heavy atom. The number of aryl methyl sites for hydroxylation is 1. The van der Waals surface area contributed by atoms with Crippen LogP contribution < -0.4 is 10.1 Å². The van der Waals surface area contributed by atoms with E-state index < -0.39 is 34.0 Å². The van der Waals surface area contributed by atoms with Gasteiger partial charge in [0.15, 0.2) is 5.75 Å². The van der Waals surface area contributed by atoms with Crippen molar-refractivity contribution < 1.29 is 27.6 Å². The fourth-order valence-electron chi connectivity index (χ4n) is 3.01. The number of rotatable bonds is 6. The van der Waals surface area contributed by atoms with Crippen molar-refractivity contribution >= 4 is 46.6 Å². The summed E-state index contributed by atoms with van der Waals surface area (Å²) in [6, 6.07) is 13.0. The fourth-order valence-corrected chi connectivity index (χ4v) is 3.59. The van der Waals surface area contributed by atoms with Gasteiger partial charge in [0, 0.05) is 11.8 Å². The van der Waals surface area contributed by atoms with Crippen molar-refractivity contribution in [1.82, 2.24) is 0 Å². The largest absolute Gasteiger partial charge is 0.447 e. The molecule has 0 saturated heterocycles. The minimum atomic E-state index is -4.80. The SMILES string of the molecule is Cc1ccccc1NC(=O)/C(C#N)=C/c1cc(Cl)c(Oc2ccc(C(F)(F)F)cc2[N+](=O)[O-])c(Cl)c1. The van der Waals surface area contributed by atoms with Gasteiger partial charge < -0.3 is 10.1 Å². The number of amides is 1. The van der Waals surface area contributed by atoms with Gasteiger partial charge in [-0.05, 0) is 54.5 Å². The molecule has 0 spiro atoms. The zero-order valence-electron chi connectivity index (χ0n) is 18.2. The quantitative estimate of drug-likeness (QED) is 0.151. The lowest BCUT2D eigenvalue weighted by Crippen LogP contribution is -2.14. The molecule has 0 radical (unpaired) electrons. The van der Waals surface area contributed by atoms with E-state index in [9.17, 15) is 33.3 Å². The number of alkyl halides is 3. The van der Waals surface area contributed by atoms with E-state index in [1.54, 1.807) is 37.3 Å². The molecule has 0 aliphatic rings. The van der Waals surface area contributed by atoms with Crippen molar-refractivity contribution in [2.75, 3.05) is 5.32 Å². The standard InChI is InChI=1S/C24H14Cl2F3N3O4/c1-13-4-2-3-5-19(13)31-23(33)15(12-30)8-14-9-17(25)22(18(26)10-14)36-21-7-6-16(24(27,28)29)11-20(21)32(34)35/h2-11H,1H3,(H,31,33)/b15-8+. The van der Waals surface area contributed by atoms with Crippen LogP contribution in [0.2, 0.25) is 10.0 Å². The first-order chi connectivity index (χ1) is 16.9. The van der Waals surface area contributed by atoms with E-state index in [0.29, 0.717) is 17.8 Å². The van der Waals surface area contributed by atoms with Gasteiger partial charge in [-0.25, -0.2) is 0 Å². The molecular weight excluding hydrogens is 522 g/mol. The summed E-state index contributed by atoms with van der Waals surface area (Å²) in [5.74, 6) is -1.46. The zero-order chi connectivity index (χ0) is 26.6. The highest BCUT2D eigenvalue weighted by Gasteiger charge is 2.33. The summed E-state index contributed by atoms with van der Waals surface area (Å²) < 4.78 is 44.2. The van der Waals surface area contributed by atoms with E-state index in [2.05, 4.69) is 5.32 Å².